The number of carboxylic acid groups (broad SMARTS) is 1. The van der Waals surface area contributed by atoms with Gasteiger partial charge in [0.05, 0.1) is 79.7 Å². The Balaban J connectivity index is 0.000000220. The lowest BCUT2D eigenvalue weighted by Crippen LogP contribution is -2.38. The molecule has 0 aliphatic carbocycles. The minimum atomic E-state index is -3.61. The molecule has 1 atom stereocenters. The van der Waals surface area contributed by atoms with Crippen LogP contribution in [0.5, 0.6) is 0 Å². The number of hydrogen-bond donors (Lipinski definition) is 2. The van der Waals surface area contributed by atoms with Gasteiger partial charge in [-0.15, -0.1) is 0 Å². The maximum atomic E-state index is 12.9. The van der Waals surface area contributed by atoms with E-state index in [-0.39, 0.29) is 54.7 Å². The van der Waals surface area contributed by atoms with Crippen LogP contribution in [0.25, 0.3) is 46.6 Å². The van der Waals surface area contributed by atoms with Crippen molar-refractivity contribution in [3.05, 3.63) is 294 Å². The fraction of sp³-hybridized carbons (Fsp3) is 0.250. The second-order valence-electron chi connectivity index (χ2n) is 26.3. The molecule has 118 heavy (non-hydrogen) atoms. The number of amides is 3. The molecule has 2 aliphatic heterocycles. The van der Waals surface area contributed by atoms with Crippen molar-refractivity contribution in [2.75, 3.05) is 39.5 Å². The smallest absolute Gasteiger partial charge is 0.478 e. The Bertz CT molecular complexity index is 5140. The molecule has 3 amide bonds. The molecule has 7 heterocycles. The normalized spacial score (nSPS) is 12.8. The van der Waals surface area contributed by atoms with E-state index >= 15 is 0 Å². The quantitative estimate of drug-likeness (QED) is 0.0159. The predicted octanol–water partition coefficient (Wildman–Crippen LogP) is 14.1. The monoisotopic (exact) mass is 1630 g/mol. The average molecular weight is 1630 g/mol. The summed E-state index contributed by atoms with van der Waals surface area (Å²) in [4.78, 5) is 106. The van der Waals surface area contributed by atoms with Gasteiger partial charge in [0, 0.05) is 107 Å². The molecular formula is C88H99N12O17P. The average Bonchev–Trinajstić information content (AvgIpc) is 1.01. The second kappa shape index (κ2) is 48.6. The number of benzene rings is 5. The molecular weight excluding hydrogens is 1530 g/mol. The molecule has 0 bridgehead atoms. The molecule has 30 heteroatoms. The summed E-state index contributed by atoms with van der Waals surface area (Å²) in [5.41, 5.74) is 7.04. The Morgan fingerprint density at radius 3 is 1.19 bits per heavy atom. The van der Waals surface area contributed by atoms with Crippen LogP contribution in [0.3, 0.4) is 0 Å². The van der Waals surface area contributed by atoms with E-state index in [1.807, 2.05) is 124 Å². The summed E-state index contributed by atoms with van der Waals surface area (Å²) < 4.78 is 51.6. The number of aliphatic carboxylic acids is 1. The topological polar surface area (TPSA) is 351 Å². The first-order chi connectivity index (χ1) is 56.6. The second-order valence-corrected chi connectivity index (χ2v) is 28.5. The zero-order chi connectivity index (χ0) is 86.0. The van der Waals surface area contributed by atoms with E-state index in [0.717, 1.165) is 52.6 Å². The highest BCUT2D eigenvalue weighted by molar-refractivity contribution is 7.55. The van der Waals surface area contributed by atoms with Crippen LogP contribution < -0.4 is 5.32 Å². The number of aromatic nitrogens is 10. The lowest BCUT2D eigenvalue weighted by Gasteiger charge is -2.25. The van der Waals surface area contributed by atoms with Gasteiger partial charge in [0.2, 0.25) is 5.91 Å². The van der Waals surface area contributed by atoms with Crippen molar-refractivity contribution in [1.82, 2.24) is 59.1 Å². The Morgan fingerprint density at radius 1 is 0.492 bits per heavy atom. The third-order valence-corrected chi connectivity index (χ3v) is 18.2. The van der Waals surface area contributed by atoms with Gasteiger partial charge in [0.15, 0.2) is 11.9 Å². The lowest BCUT2D eigenvalue weighted by molar-refractivity contribution is -0.143. The van der Waals surface area contributed by atoms with Crippen molar-refractivity contribution in [1.29, 1.82) is 0 Å². The number of imide groups is 1. The fourth-order valence-corrected chi connectivity index (χ4v) is 12.6. The van der Waals surface area contributed by atoms with Gasteiger partial charge >= 0.3 is 37.6 Å². The van der Waals surface area contributed by atoms with Crippen molar-refractivity contribution < 1.29 is 80.8 Å². The van der Waals surface area contributed by atoms with Crippen LogP contribution in [-0.2, 0) is 101 Å². The van der Waals surface area contributed by atoms with Gasteiger partial charge in [0.25, 0.3) is 11.8 Å². The maximum Gasteiger partial charge on any atom is 0.516 e. The van der Waals surface area contributed by atoms with Crippen LogP contribution in [0.4, 0.5) is 4.79 Å². The number of carbonyl (C=O) groups excluding carboxylic acids is 8. The van der Waals surface area contributed by atoms with Gasteiger partial charge in [-0.1, -0.05) is 164 Å². The predicted molar refractivity (Wildman–Crippen MR) is 449 cm³/mol. The van der Waals surface area contributed by atoms with Gasteiger partial charge in [-0.2, -0.15) is 25.5 Å². The summed E-state index contributed by atoms with van der Waals surface area (Å²) in [5, 5.41) is 31.9. The molecule has 0 saturated heterocycles. The van der Waals surface area contributed by atoms with E-state index in [0.29, 0.717) is 53.0 Å². The van der Waals surface area contributed by atoms with Crippen LogP contribution in [0.15, 0.2) is 238 Å². The molecule has 0 radical (unpaired) electrons. The van der Waals surface area contributed by atoms with Crippen molar-refractivity contribution in [2.24, 2.45) is 35.2 Å². The van der Waals surface area contributed by atoms with Crippen molar-refractivity contribution >= 4 is 108 Å². The number of carboxylic acids is 1. The minimum Gasteiger partial charge on any atom is -0.478 e. The van der Waals surface area contributed by atoms with E-state index in [1.54, 1.807) is 234 Å². The zero-order valence-electron chi connectivity index (χ0n) is 68.0. The number of carbonyl (C=O) groups is 9. The lowest BCUT2D eigenvalue weighted by atomic mass is 10.0. The summed E-state index contributed by atoms with van der Waals surface area (Å²) in [7, 11) is 5.38. The first kappa shape index (κ1) is 93.2. The first-order valence-corrected chi connectivity index (χ1v) is 39.1. The molecule has 2 aliphatic rings. The number of nitrogens with one attached hydrogen (secondary N) is 1. The van der Waals surface area contributed by atoms with Crippen molar-refractivity contribution in [3.8, 4) is 0 Å². The highest BCUT2D eigenvalue weighted by Gasteiger charge is 2.43. The van der Waals surface area contributed by atoms with Crippen LogP contribution in [-0.4, -0.2) is 158 Å². The van der Waals surface area contributed by atoms with Gasteiger partial charge in [-0.3, -0.25) is 56.8 Å². The zero-order valence-corrected chi connectivity index (χ0v) is 68.9. The Hall–Kier alpha value is -13.6. The third kappa shape index (κ3) is 32.0. The van der Waals surface area contributed by atoms with E-state index in [4.69, 9.17) is 28.0 Å². The summed E-state index contributed by atoms with van der Waals surface area (Å²) in [6, 6.07) is 45.6. The Kier molecular flexibility index (Phi) is 38.4. The molecule has 0 spiro atoms. The van der Waals surface area contributed by atoms with Crippen LogP contribution in [0, 0.1) is 0 Å². The fourth-order valence-electron chi connectivity index (χ4n) is 10.7. The highest BCUT2D eigenvalue weighted by atomic mass is 31.2. The largest absolute Gasteiger partial charge is 0.516 e. The van der Waals surface area contributed by atoms with E-state index in [9.17, 15) is 52.8 Å². The highest BCUT2D eigenvalue weighted by Crippen LogP contribution is 2.61. The molecule has 10 aromatic rings. The molecule has 0 saturated carbocycles. The molecule has 12 rings (SSSR count). The minimum absolute atomic E-state index is 0.0336. The molecule has 1 unspecified atom stereocenters. The number of nitrogens with zero attached hydrogens (tertiary/aromatic N) is 11. The van der Waals surface area contributed by atoms with Crippen LogP contribution in [0.2, 0.25) is 0 Å². The first-order valence-electron chi connectivity index (χ1n) is 37.5. The summed E-state index contributed by atoms with van der Waals surface area (Å²) in [6.45, 7) is 14.2. The third-order valence-electron chi connectivity index (χ3n) is 15.8. The molecule has 0 fully saturated rings. The van der Waals surface area contributed by atoms with Gasteiger partial charge in [-0.25, -0.2) is 19.2 Å². The molecule has 2 N–H and O–H groups in total. The Labute approximate surface area is 685 Å². The number of esters is 3. The van der Waals surface area contributed by atoms with E-state index in [1.165, 1.54) is 17.2 Å². The molecule has 5 aromatic carbocycles. The summed E-state index contributed by atoms with van der Waals surface area (Å²) >= 11 is 0. The van der Waals surface area contributed by atoms with E-state index < -0.39 is 42.9 Å². The molecule has 618 valence electrons. The number of rotatable bonds is 22. The maximum absolute atomic E-state index is 12.9. The van der Waals surface area contributed by atoms with Crippen molar-refractivity contribution in [3.63, 3.8) is 0 Å². The number of hydrogen-bond acceptors (Lipinski definition) is 21. The van der Waals surface area contributed by atoms with E-state index in [2.05, 4.69) is 30.8 Å². The van der Waals surface area contributed by atoms with Crippen molar-refractivity contribution in [2.45, 2.75) is 72.6 Å². The van der Waals surface area contributed by atoms with Gasteiger partial charge in [0.1, 0.15) is 5.60 Å². The van der Waals surface area contributed by atoms with Crippen LogP contribution in [0.1, 0.15) is 127 Å². The van der Waals surface area contributed by atoms with Gasteiger partial charge in [-0.05, 0) is 126 Å². The number of aryl methyl sites for hydroxylation is 5. The van der Waals surface area contributed by atoms with Gasteiger partial charge < -0.3 is 38.4 Å². The Morgan fingerprint density at radius 2 is 0.864 bits per heavy atom. The standard InChI is InChI=1S/C18H17N3O2.C18H20N2O4.C15H16N2O2.C14H21O5P.C13H12N2O2.C5H6N2O.C5H7NO/c1-20-13-14(12-19-20)11-16(15-7-3-2-4-8-15)18(23)21-10-6-5-9-17(21)22;1-18(2,3)24-17(22)23-16(21)15(14-8-6-5-7-9-14)10-13-11-19-20(4)12-13;1-3-19-15(18)14(13-7-5-4-6-8-13)9-12-10-16-17(2)11-12;1-4-17-14(15)13(12-10-8-7-9-11-12)20(16,18-5-2)19-6-3;1-15-9-10(8-14-15)7-12(13(16)17)11-5-3-2-4-6-11;1-7-3-5(4-8)2-6-7;7-5-3-1-2-4-6-5/h2-5,7-9,11-13H,6,10H2,1H3;5-12H,1-4H3;4-11H,3H2,1-2H3;7-11,13H,4-6H2,1-3H3;2-9H,1H3,(H,16,17);2-4H,1H3;1,3H,2,4H2,(H,6,7)/b16-11-;15-10-;14-9-;;12-7-;;. The molecule has 29 nitrogen and oxygen atoms in total. The number of ether oxygens (including phenoxy) is 4. The molecule has 5 aromatic heterocycles. The number of aldehydes is 1. The van der Waals surface area contributed by atoms with Crippen LogP contribution >= 0.6 is 7.60 Å². The SMILES string of the molecule is CCOC(=O)/C(=C\c1cnn(C)c1)c1ccccc1.CCOC(=O)C(c1ccccc1)P(=O)(OCC)OCC.Cn1cc(/C=C(\C(=O)N2CCC=CC2=O)c2ccccc2)cn1.Cn1cc(/C=C(\C(=O)O)c2ccccc2)cn1.Cn1cc(/C=C(\C(=O)OC(=O)OC(C)(C)C)c2ccccc2)cn1.Cn1cc(C=O)cn1.O=C1C=CCCN1. The summed E-state index contributed by atoms with van der Waals surface area (Å²) in [6.07, 6.45) is 31.9. The summed E-state index contributed by atoms with van der Waals surface area (Å²) in [5.74, 6) is -3.16.